The molecule has 118 valence electrons. The van der Waals surface area contributed by atoms with Crippen molar-refractivity contribution in [3.8, 4) is 0 Å². The molecule has 0 aromatic rings. The van der Waals surface area contributed by atoms with Crippen LogP contribution in [0.15, 0.2) is 0 Å². The number of amides is 1. The van der Waals surface area contributed by atoms with Gasteiger partial charge in [-0.05, 0) is 19.8 Å². The highest BCUT2D eigenvalue weighted by molar-refractivity contribution is 7.99. The maximum absolute atomic E-state index is 11.8. The summed E-state index contributed by atoms with van der Waals surface area (Å²) >= 11 is 2.04. The average Bonchev–Trinajstić information content (AvgIpc) is 2.46. The van der Waals surface area contributed by atoms with E-state index in [-0.39, 0.29) is 23.9 Å². The second-order valence-electron chi connectivity index (χ2n) is 5.89. The molecular formula is C14H28ClN3OS. The fraction of sp³-hybridized carbons (Fsp3) is 0.929. The Morgan fingerprint density at radius 3 is 2.45 bits per heavy atom. The van der Waals surface area contributed by atoms with Crippen LogP contribution in [0, 0.1) is 0 Å². The molecule has 1 aliphatic carbocycles. The maximum Gasteiger partial charge on any atom is 0.236 e. The van der Waals surface area contributed by atoms with Crippen molar-refractivity contribution in [1.82, 2.24) is 10.2 Å². The first-order valence-electron chi connectivity index (χ1n) is 7.50. The van der Waals surface area contributed by atoms with Crippen LogP contribution in [0.3, 0.4) is 0 Å². The lowest BCUT2D eigenvalue weighted by molar-refractivity contribution is -0.122. The number of halogens is 1. The van der Waals surface area contributed by atoms with Gasteiger partial charge in [0.25, 0.3) is 0 Å². The van der Waals surface area contributed by atoms with Crippen LogP contribution in [0.5, 0.6) is 0 Å². The van der Waals surface area contributed by atoms with Crippen LogP contribution in [0.2, 0.25) is 0 Å². The van der Waals surface area contributed by atoms with Gasteiger partial charge < -0.3 is 11.1 Å². The number of hydrogen-bond acceptors (Lipinski definition) is 4. The van der Waals surface area contributed by atoms with Crippen LogP contribution in [0.25, 0.3) is 0 Å². The van der Waals surface area contributed by atoms with E-state index in [1.165, 1.54) is 56.7 Å². The highest BCUT2D eigenvalue weighted by atomic mass is 35.5. The first kappa shape index (κ1) is 18.1. The Balaban J connectivity index is 0.00000200. The maximum atomic E-state index is 11.8. The van der Waals surface area contributed by atoms with Gasteiger partial charge in [0, 0.05) is 36.7 Å². The Hall–Kier alpha value is 0.0300. The monoisotopic (exact) mass is 321 g/mol. The van der Waals surface area contributed by atoms with Crippen molar-refractivity contribution in [1.29, 1.82) is 0 Å². The van der Waals surface area contributed by atoms with Crippen molar-refractivity contribution in [3.63, 3.8) is 0 Å². The lowest BCUT2D eigenvalue weighted by Gasteiger charge is -2.48. The van der Waals surface area contributed by atoms with Gasteiger partial charge in [-0.3, -0.25) is 9.69 Å². The van der Waals surface area contributed by atoms with Crippen LogP contribution < -0.4 is 11.1 Å². The van der Waals surface area contributed by atoms with E-state index in [4.69, 9.17) is 5.73 Å². The van der Waals surface area contributed by atoms with Crippen LogP contribution in [-0.2, 0) is 4.79 Å². The van der Waals surface area contributed by atoms with E-state index in [9.17, 15) is 4.79 Å². The summed E-state index contributed by atoms with van der Waals surface area (Å²) in [5, 5.41) is 3.08. The molecule has 0 spiro atoms. The van der Waals surface area contributed by atoms with Crippen molar-refractivity contribution in [3.05, 3.63) is 0 Å². The summed E-state index contributed by atoms with van der Waals surface area (Å²) in [7, 11) is 0. The zero-order chi connectivity index (χ0) is 13.7. The van der Waals surface area contributed by atoms with Gasteiger partial charge in [-0.1, -0.05) is 19.3 Å². The van der Waals surface area contributed by atoms with Crippen molar-refractivity contribution in [2.24, 2.45) is 5.73 Å². The molecule has 3 N–H and O–H groups in total. The highest BCUT2D eigenvalue weighted by Crippen LogP contribution is 2.34. The SMILES string of the molecule is CC(N)C(=O)NCC1(N2CCSCC2)CCCCC1.Cl. The quantitative estimate of drug-likeness (QED) is 0.826. The largest absolute Gasteiger partial charge is 0.353 e. The van der Waals surface area contributed by atoms with Crippen molar-refractivity contribution in [2.45, 2.75) is 50.6 Å². The predicted molar refractivity (Wildman–Crippen MR) is 88.6 cm³/mol. The molecule has 1 saturated carbocycles. The fourth-order valence-corrected chi connectivity index (χ4v) is 4.17. The number of carbonyl (C=O) groups excluding carboxylic acids is 1. The fourth-order valence-electron chi connectivity index (χ4n) is 3.27. The summed E-state index contributed by atoms with van der Waals surface area (Å²) in [5.74, 6) is 2.43. The lowest BCUT2D eigenvalue weighted by Crippen LogP contribution is -2.59. The zero-order valence-corrected chi connectivity index (χ0v) is 14.0. The summed E-state index contributed by atoms with van der Waals surface area (Å²) in [4.78, 5) is 14.4. The smallest absolute Gasteiger partial charge is 0.236 e. The second-order valence-corrected chi connectivity index (χ2v) is 7.12. The third-order valence-corrected chi connectivity index (χ3v) is 5.41. The highest BCUT2D eigenvalue weighted by Gasteiger charge is 2.38. The van der Waals surface area contributed by atoms with Crippen LogP contribution in [0.4, 0.5) is 0 Å². The predicted octanol–water partition coefficient (Wildman–Crippen LogP) is 1.62. The second kappa shape index (κ2) is 8.47. The summed E-state index contributed by atoms with van der Waals surface area (Å²) in [5.41, 5.74) is 5.84. The van der Waals surface area contributed by atoms with Crippen molar-refractivity contribution >= 4 is 30.1 Å². The van der Waals surface area contributed by atoms with Gasteiger partial charge in [0.15, 0.2) is 0 Å². The summed E-state index contributed by atoms with van der Waals surface area (Å²) in [6, 6.07) is -0.405. The molecule has 0 radical (unpaired) electrons. The summed E-state index contributed by atoms with van der Waals surface area (Å²) in [6.07, 6.45) is 6.36. The van der Waals surface area contributed by atoms with Crippen LogP contribution >= 0.6 is 24.2 Å². The van der Waals surface area contributed by atoms with E-state index < -0.39 is 6.04 Å². The molecule has 2 aliphatic rings. The Kier molecular flexibility index (Phi) is 7.65. The van der Waals surface area contributed by atoms with E-state index in [0.717, 1.165) is 6.54 Å². The number of nitrogens with zero attached hydrogens (tertiary/aromatic N) is 1. The summed E-state index contributed by atoms with van der Waals surface area (Å²) < 4.78 is 0. The van der Waals surface area contributed by atoms with Crippen LogP contribution in [-0.4, -0.2) is 53.5 Å². The Morgan fingerprint density at radius 2 is 1.90 bits per heavy atom. The zero-order valence-electron chi connectivity index (χ0n) is 12.4. The molecule has 1 saturated heterocycles. The molecule has 0 aromatic carbocycles. The molecule has 1 unspecified atom stereocenters. The number of hydrogen-bond donors (Lipinski definition) is 2. The van der Waals surface area contributed by atoms with E-state index in [1.807, 2.05) is 11.8 Å². The van der Waals surface area contributed by atoms with Gasteiger partial charge in [-0.25, -0.2) is 0 Å². The van der Waals surface area contributed by atoms with Crippen molar-refractivity contribution < 1.29 is 4.79 Å². The molecule has 0 aromatic heterocycles. The van der Waals surface area contributed by atoms with Crippen molar-refractivity contribution in [2.75, 3.05) is 31.1 Å². The molecule has 1 amide bonds. The topological polar surface area (TPSA) is 58.4 Å². The summed E-state index contributed by atoms with van der Waals surface area (Å²) in [6.45, 7) is 4.86. The number of nitrogens with one attached hydrogen (secondary N) is 1. The van der Waals surface area contributed by atoms with E-state index in [1.54, 1.807) is 6.92 Å². The molecule has 6 heteroatoms. The Morgan fingerprint density at radius 1 is 1.30 bits per heavy atom. The molecule has 4 nitrogen and oxygen atoms in total. The molecule has 0 bridgehead atoms. The minimum atomic E-state index is -0.405. The third-order valence-electron chi connectivity index (χ3n) is 4.47. The Labute approximate surface area is 133 Å². The molecule has 1 atom stereocenters. The van der Waals surface area contributed by atoms with E-state index in [0.29, 0.717) is 0 Å². The van der Waals surface area contributed by atoms with Gasteiger partial charge in [-0.15, -0.1) is 12.4 Å². The van der Waals surface area contributed by atoms with Gasteiger partial charge in [0.2, 0.25) is 5.91 Å². The van der Waals surface area contributed by atoms with E-state index in [2.05, 4.69) is 10.2 Å². The lowest BCUT2D eigenvalue weighted by atomic mass is 9.80. The minimum Gasteiger partial charge on any atom is -0.353 e. The first-order valence-corrected chi connectivity index (χ1v) is 8.66. The number of nitrogens with two attached hydrogens (primary N) is 1. The molecule has 2 rings (SSSR count). The number of carbonyl (C=O) groups is 1. The third kappa shape index (κ3) is 4.52. The minimum absolute atomic E-state index is 0. The molecule has 20 heavy (non-hydrogen) atoms. The molecular weight excluding hydrogens is 294 g/mol. The van der Waals surface area contributed by atoms with E-state index >= 15 is 0 Å². The molecule has 1 heterocycles. The van der Waals surface area contributed by atoms with Crippen LogP contribution in [0.1, 0.15) is 39.0 Å². The standard InChI is InChI=1S/C14H27N3OS.ClH/c1-12(15)13(18)16-11-14(5-3-2-4-6-14)17-7-9-19-10-8-17;/h12H,2-11,15H2,1H3,(H,16,18);1H. The van der Waals surface area contributed by atoms with Gasteiger partial charge >= 0.3 is 0 Å². The van der Waals surface area contributed by atoms with Gasteiger partial charge in [0.1, 0.15) is 0 Å². The van der Waals surface area contributed by atoms with Gasteiger partial charge in [-0.2, -0.15) is 11.8 Å². The normalized spacial score (nSPS) is 24.5. The average molecular weight is 322 g/mol. The molecule has 2 fully saturated rings. The number of thioether (sulfide) groups is 1. The van der Waals surface area contributed by atoms with Gasteiger partial charge in [0.05, 0.1) is 6.04 Å². The molecule has 1 aliphatic heterocycles. The number of rotatable bonds is 4. The first-order chi connectivity index (χ1) is 9.14. The Bertz CT molecular complexity index is 303.